The van der Waals surface area contributed by atoms with Crippen molar-refractivity contribution >= 4 is 5.91 Å². The van der Waals surface area contributed by atoms with Crippen LogP contribution in [0.4, 0.5) is 0 Å². The third-order valence-electron chi connectivity index (χ3n) is 3.95. The fourth-order valence-electron chi connectivity index (χ4n) is 2.73. The van der Waals surface area contributed by atoms with Crippen LogP contribution >= 0.6 is 0 Å². The molecule has 110 valence electrons. The number of aryl methyl sites for hydroxylation is 3. The van der Waals surface area contributed by atoms with E-state index in [9.17, 15) is 4.79 Å². The zero-order valence-corrected chi connectivity index (χ0v) is 12.3. The van der Waals surface area contributed by atoms with Crippen LogP contribution in [0.15, 0.2) is 18.6 Å². The number of imidazole rings is 1. The zero-order valence-electron chi connectivity index (χ0n) is 12.3. The molecule has 0 bridgehead atoms. The molecule has 0 fully saturated rings. The molecule has 2 aromatic rings. The highest BCUT2D eigenvalue weighted by Crippen LogP contribution is 2.18. The lowest BCUT2D eigenvalue weighted by Gasteiger charge is -2.23. The van der Waals surface area contributed by atoms with Gasteiger partial charge in [0.1, 0.15) is 11.6 Å². The molecule has 2 aromatic heterocycles. The van der Waals surface area contributed by atoms with Gasteiger partial charge in [-0.05, 0) is 26.2 Å². The SMILES string of the molecule is Cc1ncc(C(=O)NCC2CCn3ccnc3C2)c(C)n1. The van der Waals surface area contributed by atoms with Gasteiger partial charge >= 0.3 is 0 Å². The topological polar surface area (TPSA) is 72.7 Å². The number of amides is 1. The van der Waals surface area contributed by atoms with Gasteiger partial charge in [-0.15, -0.1) is 0 Å². The minimum atomic E-state index is -0.0959. The summed E-state index contributed by atoms with van der Waals surface area (Å²) < 4.78 is 2.18. The fourth-order valence-corrected chi connectivity index (χ4v) is 2.73. The summed E-state index contributed by atoms with van der Waals surface area (Å²) in [5, 5.41) is 3.00. The van der Waals surface area contributed by atoms with E-state index in [0.29, 0.717) is 23.9 Å². The van der Waals surface area contributed by atoms with E-state index in [1.807, 2.05) is 26.2 Å². The van der Waals surface area contributed by atoms with Gasteiger partial charge in [0.15, 0.2) is 0 Å². The van der Waals surface area contributed by atoms with Crippen molar-refractivity contribution in [3.8, 4) is 0 Å². The Bertz CT molecular complexity index is 664. The summed E-state index contributed by atoms with van der Waals surface area (Å²) >= 11 is 0. The van der Waals surface area contributed by atoms with Crippen LogP contribution in [0.25, 0.3) is 0 Å². The van der Waals surface area contributed by atoms with Crippen LogP contribution in [0.3, 0.4) is 0 Å². The molecule has 1 N–H and O–H groups in total. The summed E-state index contributed by atoms with van der Waals surface area (Å²) in [6, 6.07) is 0. The predicted molar refractivity (Wildman–Crippen MR) is 77.9 cm³/mol. The molecule has 1 atom stereocenters. The number of rotatable bonds is 3. The number of carbonyl (C=O) groups excluding carboxylic acids is 1. The first-order chi connectivity index (χ1) is 10.1. The van der Waals surface area contributed by atoms with E-state index in [-0.39, 0.29) is 5.91 Å². The van der Waals surface area contributed by atoms with Crippen molar-refractivity contribution in [1.82, 2.24) is 24.8 Å². The molecule has 0 aromatic carbocycles. The lowest BCUT2D eigenvalue weighted by atomic mass is 9.97. The van der Waals surface area contributed by atoms with Crippen molar-refractivity contribution in [3.63, 3.8) is 0 Å². The first-order valence-electron chi connectivity index (χ1n) is 7.22. The standard InChI is InChI=1S/C15H19N5O/c1-10-13(9-17-11(2)19-10)15(21)18-8-12-3-5-20-6-4-16-14(20)7-12/h4,6,9,12H,3,5,7-8H2,1-2H3,(H,18,21). The van der Waals surface area contributed by atoms with Crippen LogP contribution in [0.2, 0.25) is 0 Å². The summed E-state index contributed by atoms with van der Waals surface area (Å²) in [5.74, 6) is 2.13. The third-order valence-corrected chi connectivity index (χ3v) is 3.95. The van der Waals surface area contributed by atoms with E-state index in [1.165, 1.54) is 0 Å². The normalized spacial score (nSPS) is 17.3. The number of carbonyl (C=O) groups is 1. The van der Waals surface area contributed by atoms with Crippen LogP contribution in [0.1, 0.15) is 34.1 Å². The van der Waals surface area contributed by atoms with Gasteiger partial charge in [0.05, 0.1) is 11.3 Å². The maximum atomic E-state index is 12.2. The average molecular weight is 285 g/mol. The molecule has 21 heavy (non-hydrogen) atoms. The maximum Gasteiger partial charge on any atom is 0.254 e. The predicted octanol–water partition coefficient (Wildman–Crippen LogP) is 1.28. The first kappa shape index (κ1) is 13.7. The number of fused-ring (bicyclic) bond motifs is 1. The second kappa shape index (κ2) is 5.63. The highest BCUT2D eigenvalue weighted by atomic mass is 16.1. The Balaban J connectivity index is 1.59. The Labute approximate surface area is 123 Å². The van der Waals surface area contributed by atoms with Crippen molar-refractivity contribution in [2.45, 2.75) is 33.2 Å². The van der Waals surface area contributed by atoms with Gasteiger partial charge < -0.3 is 9.88 Å². The summed E-state index contributed by atoms with van der Waals surface area (Å²) in [6.07, 6.45) is 7.42. The molecule has 0 spiro atoms. The highest BCUT2D eigenvalue weighted by Gasteiger charge is 2.20. The van der Waals surface area contributed by atoms with Gasteiger partial charge in [-0.25, -0.2) is 15.0 Å². The average Bonchev–Trinajstić information content (AvgIpc) is 2.92. The number of aromatic nitrogens is 4. The Morgan fingerprint density at radius 3 is 3.10 bits per heavy atom. The molecule has 1 aliphatic heterocycles. The lowest BCUT2D eigenvalue weighted by molar-refractivity contribution is 0.0943. The van der Waals surface area contributed by atoms with Crippen molar-refractivity contribution in [3.05, 3.63) is 41.5 Å². The first-order valence-corrected chi connectivity index (χ1v) is 7.22. The minimum Gasteiger partial charge on any atom is -0.352 e. The van der Waals surface area contributed by atoms with Gasteiger partial charge in [-0.3, -0.25) is 4.79 Å². The maximum absolute atomic E-state index is 12.2. The van der Waals surface area contributed by atoms with Gasteiger partial charge in [0, 0.05) is 38.1 Å². The largest absolute Gasteiger partial charge is 0.352 e. The number of hydrogen-bond donors (Lipinski definition) is 1. The van der Waals surface area contributed by atoms with Gasteiger partial charge in [-0.2, -0.15) is 0 Å². The highest BCUT2D eigenvalue weighted by molar-refractivity contribution is 5.94. The van der Waals surface area contributed by atoms with Crippen LogP contribution in [0, 0.1) is 19.8 Å². The third kappa shape index (κ3) is 2.94. The minimum absolute atomic E-state index is 0.0959. The van der Waals surface area contributed by atoms with Crippen LogP contribution in [-0.4, -0.2) is 32.0 Å². The molecular formula is C15H19N5O. The monoisotopic (exact) mass is 285 g/mol. The molecule has 3 rings (SSSR count). The van der Waals surface area contributed by atoms with Crippen molar-refractivity contribution in [2.24, 2.45) is 5.92 Å². The van der Waals surface area contributed by atoms with Crippen LogP contribution in [0.5, 0.6) is 0 Å². The van der Waals surface area contributed by atoms with Crippen molar-refractivity contribution in [2.75, 3.05) is 6.54 Å². The fraction of sp³-hybridized carbons (Fsp3) is 0.467. The molecule has 0 radical (unpaired) electrons. The summed E-state index contributed by atoms with van der Waals surface area (Å²) in [5.41, 5.74) is 1.28. The number of nitrogens with one attached hydrogen (secondary N) is 1. The van der Waals surface area contributed by atoms with Gasteiger partial charge in [0.25, 0.3) is 5.91 Å². The second-order valence-electron chi connectivity index (χ2n) is 5.52. The molecule has 0 aliphatic carbocycles. The molecule has 1 amide bonds. The molecule has 6 heteroatoms. The molecular weight excluding hydrogens is 266 g/mol. The van der Waals surface area contributed by atoms with Gasteiger partial charge in [0.2, 0.25) is 0 Å². The smallest absolute Gasteiger partial charge is 0.254 e. The van der Waals surface area contributed by atoms with E-state index in [2.05, 4.69) is 24.8 Å². The molecule has 3 heterocycles. The number of nitrogens with zero attached hydrogens (tertiary/aromatic N) is 4. The summed E-state index contributed by atoms with van der Waals surface area (Å²) in [6.45, 7) is 5.29. The quantitative estimate of drug-likeness (QED) is 0.922. The van der Waals surface area contributed by atoms with E-state index in [1.54, 1.807) is 6.20 Å². The Morgan fingerprint density at radius 2 is 2.29 bits per heavy atom. The Hall–Kier alpha value is -2.24. The summed E-state index contributed by atoms with van der Waals surface area (Å²) in [4.78, 5) is 24.9. The molecule has 6 nitrogen and oxygen atoms in total. The molecule has 0 saturated heterocycles. The second-order valence-corrected chi connectivity index (χ2v) is 5.52. The summed E-state index contributed by atoms with van der Waals surface area (Å²) in [7, 11) is 0. The van der Waals surface area contributed by atoms with Crippen molar-refractivity contribution < 1.29 is 4.79 Å². The van der Waals surface area contributed by atoms with Crippen LogP contribution < -0.4 is 5.32 Å². The van der Waals surface area contributed by atoms with E-state index in [0.717, 1.165) is 30.9 Å². The van der Waals surface area contributed by atoms with E-state index >= 15 is 0 Å². The van der Waals surface area contributed by atoms with Crippen LogP contribution in [-0.2, 0) is 13.0 Å². The van der Waals surface area contributed by atoms with E-state index in [4.69, 9.17) is 0 Å². The molecule has 1 unspecified atom stereocenters. The zero-order chi connectivity index (χ0) is 14.8. The lowest BCUT2D eigenvalue weighted by Crippen LogP contribution is -2.33. The van der Waals surface area contributed by atoms with Crippen molar-refractivity contribution in [1.29, 1.82) is 0 Å². The van der Waals surface area contributed by atoms with E-state index < -0.39 is 0 Å². The Kier molecular flexibility index (Phi) is 3.68. The number of hydrogen-bond acceptors (Lipinski definition) is 4. The Morgan fingerprint density at radius 1 is 1.43 bits per heavy atom. The van der Waals surface area contributed by atoms with Gasteiger partial charge in [-0.1, -0.05) is 0 Å². The molecule has 0 saturated carbocycles. The molecule has 1 aliphatic rings.